The van der Waals surface area contributed by atoms with Gasteiger partial charge >= 0.3 is 0 Å². The number of methoxy groups -OCH3 is 1. The maximum absolute atomic E-state index is 12.4. The van der Waals surface area contributed by atoms with Gasteiger partial charge < -0.3 is 15.2 Å². The zero-order valence-corrected chi connectivity index (χ0v) is 16.8. The van der Waals surface area contributed by atoms with Crippen molar-refractivity contribution in [2.45, 2.75) is 19.9 Å². The monoisotopic (exact) mass is 405 g/mol. The van der Waals surface area contributed by atoms with E-state index in [0.717, 1.165) is 22.1 Å². The van der Waals surface area contributed by atoms with Crippen LogP contribution >= 0.6 is 0 Å². The second kappa shape index (κ2) is 9.56. The summed E-state index contributed by atoms with van der Waals surface area (Å²) in [6, 6.07) is 17.9. The number of phenolic OH excluding ortho intramolecular Hbond substituents is 1. The maximum atomic E-state index is 12.4. The van der Waals surface area contributed by atoms with E-state index >= 15 is 0 Å². The summed E-state index contributed by atoms with van der Waals surface area (Å²) in [6.07, 6.45) is 0.0418. The van der Waals surface area contributed by atoms with E-state index in [0.29, 0.717) is 12.3 Å². The minimum Gasteiger partial charge on any atom is -0.507 e. The van der Waals surface area contributed by atoms with Gasteiger partial charge in [-0.1, -0.05) is 36.4 Å². The summed E-state index contributed by atoms with van der Waals surface area (Å²) in [5, 5.41) is 18.6. The van der Waals surface area contributed by atoms with E-state index < -0.39 is 5.91 Å². The number of hydrazone groups is 1. The molecule has 0 aliphatic heterocycles. The molecule has 3 aromatic rings. The Hall–Kier alpha value is -3.87. The summed E-state index contributed by atoms with van der Waals surface area (Å²) in [4.78, 5) is 24.5. The second-order valence-electron chi connectivity index (χ2n) is 6.81. The molecule has 0 atom stereocenters. The largest absolute Gasteiger partial charge is 0.507 e. The first kappa shape index (κ1) is 20.9. The number of carbonyl (C=O) groups is 2. The van der Waals surface area contributed by atoms with Gasteiger partial charge in [-0.05, 0) is 47.5 Å². The minimum atomic E-state index is -0.545. The lowest BCUT2D eigenvalue weighted by Crippen LogP contribution is -2.26. The van der Waals surface area contributed by atoms with Crippen LogP contribution < -0.4 is 15.5 Å². The van der Waals surface area contributed by atoms with Crippen molar-refractivity contribution in [1.29, 1.82) is 0 Å². The zero-order valence-electron chi connectivity index (χ0n) is 16.8. The molecule has 2 amide bonds. The van der Waals surface area contributed by atoms with Crippen molar-refractivity contribution in [1.82, 2.24) is 10.7 Å². The second-order valence-corrected chi connectivity index (χ2v) is 6.81. The van der Waals surface area contributed by atoms with Gasteiger partial charge in [0, 0.05) is 12.3 Å². The summed E-state index contributed by atoms with van der Waals surface area (Å²) in [7, 11) is 1.60. The quantitative estimate of drug-likeness (QED) is 0.414. The van der Waals surface area contributed by atoms with E-state index in [1.807, 2.05) is 48.5 Å². The first-order chi connectivity index (χ1) is 14.5. The molecule has 0 spiro atoms. The number of fused-ring (bicyclic) bond motifs is 1. The molecule has 7 nitrogen and oxygen atoms in total. The summed E-state index contributed by atoms with van der Waals surface area (Å²) < 4.78 is 5.10. The van der Waals surface area contributed by atoms with Crippen LogP contribution in [0.25, 0.3) is 10.8 Å². The molecular formula is C23H23N3O4. The highest BCUT2D eigenvalue weighted by Gasteiger charge is 2.12. The summed E-state index contributed by atoms with van der Waals surface area (Å²) in [5.41, 5.74) is 3.89. The average Bonchev–Trinajstić information content (AvgIpc) is 2.76. The van der Waals surface area contributed by atoms with Gasteiger partial charge in [0.1, 0.15) is 11.5 Å². The maximum Gasteiger partial charge on any atom is 0.275 e. The Morgan fingerprint density at radius 2 is 1.70 bits per heavy atom. The van der Waals surface area contributed by atoms with E-state index in [4.69, 9.17) is 4.74 Å². The minimum absolute atomic E-state index is 0.0418. The van der Waals surface area contributed by atoms with Gasteiger partial charge in [0.15, 0.2) is 0 Å². The third-order valence-electron chi connectivity index (χ3n) is 4.52. The molecule has 0 radical (unpaired) electrons. The number of benzene rings is 3. The van der Waals surface area contributed by atoms with Crippen molar-refractivity contribution in [3.05, 3.63) is 71.8 Å². The average molecular weight is 405 g/mol. The molecule has 0 saturated heterocycles. The van der Waals surface area contributed by atoms with Gasteiger partial charge in [-0.2, -0.15) is 5.10 Å². The molecule has 0 saturated carbocycles. The fourth-order valence-electron chi connectivity index (χ4n) is 2.89. The molecule has 0 aromatic heterocycles. The summed E-state index contributed by atoms with van der Waals surface area (Å²) in [5.74, 6) is -0.136. The Balaban J connectivity index is 1.54. The Kier molecular flexibility index (Phi) is 6.64. The smallest absolute Gasteiger partial charge is 0.275 e. The predicted molar refractivity (Wildman–Crippen MR) is 116 cm³/mol. The molecule has 3 aromatic carbocycles. The Morgan fingerprint density at radius 3 is 2.37 bits per heavy atom. The first-order valence-corrected chi connectivity index (χ1v) is 9.41. The van der Waals surface area contributed by atoms with Crippen molar-refractivity contribution < 1.29 is 19.4 Å². The molecule has 0 heterocycles. The molecule has 30 heavy (non-hydrogen) atoms. The van der Waals surface area contributed by atoms with E-state index in [9.17, 15) is 14.7 Å². The van der Waals surface area contributed by atoms with Crippen LogP contribution in [0.3, 0.4) is 0 Å². The van der Waals surface area contributed by atoms with Crippen molar-refractivity contribution in [2.24, 2.45) is 5.10 Å². The van der Waals surface area contributed by atoms with E-state index in [2.05, 4.69) is 15.8 Å². The number of rotatable bonds is 7. The van der Waals surface area contributed by atoms with Crippen molar-refractivity contribution >= 4 is 28.3 Å². The number of carbonyl (C=O) groups excluding carboxylic acids is 2. The van der Waals surface area contributed by atoms with Gasteiger partial charge in [0.25, 0.3) is 5.91 Å². The molecule has 0 fully saturated rings. The number of hydrogen-bond donors (Lipinski definition) is 3. The number of phenols is 1. The number of hydrogen-bond acceptors (Lipinski definition) is 5. The third kappa shape index (κ3) is 5.35. The Morgan fingerprint density at radius 1 is 1.03 bits per heavy atom. The molecule has 3 N–H and O–H groups in total. The van der Waals surface area contributed by atoms with Gasteiger partial charge in [0.05, 0.1) is 19.1 Å². The van der Waals surface area contributed by atoms with E-state index in [-0.39, 0.29) is 23.6 Å². The van der Waals surface area contributed by atoms with Crippen molar-refractivity contribution in [3.63, 3.8) is 0 Å². The van der Waals surface area contributed by atoms with E-state index in [1.165, 1.54) is 6.07 Å². The van der Waals surface area contributed by atoms with Crippen molar-refractivity contribution in [2.75, 3.05) is 7.11 Å². The number of ether oxygens (including phenoxy) is 1. The Labute approximate surface area is 174 Å². The van der Waals surface area contributed by atoms with Crippen LogP contribution in [0.5, 0.6) is 11.5 Å². The molecule has 0 bridgehead atoms. The number of amides is 2. The van der Waals surface area contributed by atoms with Gasteiger partial charge in [-0.15, -0.1) is 0 Å². The lowest BCUT2D eigenvalue weighted by atomic mass is 10.1. The number of nitrogens with zero attached hydrogens (tertiary/aromatic N) is 1. The van der Waals surface area contributed by atoms with Crippen LogP contribution in [0.15, 0.2) is 65.8 Å². The predicted octanol–water partition coefficient (Wildman–Crippen LogP) is 3.37. The van der Waals surface area contributed by atoms with Crippen LogP contribution in [0, 0.1) is 0 Å². The third-order valence-corrected chi connectivity index (χ3v) is 4.52. The number of aromatic hydroxyl groups is 1. The van der Waals surface area contributed by atoms with Crippen LogP contribution in [0.4, 0.5) is 0 Å². The normalized spacial score (nSPS) is 11.2. The molecule has 154 valence electrons. The molecule has 3 rings (SSSR count). The van der Waals surface area contributed by atoms with Crippen LogP contribution in [-0.2, 0) is 11.3 Å². The molecular weight excluding hydrogens is 382 g/mol. The van der Waals surface area contributed by atoms with Gasteiger partial charge in [-0.25, -0.2) is 5.43 Å². The highest BCUT2D eigenvalue weighted by molar-refractivity contribution is 6.03. The van der Waals surface area contributed by atoms with Crippen LogP contribution in [0.2, 0.25) is 0 Å². The first-order valence-electron chi connectivity index (χ1n) is 9.41. The van der Waals surface area contributed by atoms with Crippen LogP contribution in [0.1, 0.15) is 29.3 Å². The molecule has 7 heteroatoms. The topological polar surface area (TPSA) is 100 Å². The summed E-state index contributed by atoms with van der Waals surface area (Å²) in [6.45, 7) is 2.03. The standard InChI is InChI=1S/C23H23N3O4/c1-15(11-22(28)24-14-16-7-9-19(30-2)10-8-16)25-26-23(29)20-12-17-5-3-4-6-18(17)13-21(20)27/h3-10,12-13,27H,11,14H2,1-2H3,(H,24,28)(H,26,29). The fourth-order valence-corrected chi connectivity index (χ4v) is 2.89. The fraction of sp³-hybridized carbons (Fsp3) is 0.174. The van der Waals surface area contributed by atoms with Gasteiger partial charge in [0.2, 0.25) is 5.91 Å². The number of nitrogens with one attached hydrogen (secondary N) is 2. The van der Waals surface area contributed by atoms with Gasteiger partial charge in [-0.3, -0.25) is 9.59 Å². The lowest BCUT2D eigenvalue weighted by Gasteiger charge is -2.08. The Bertz CT molecular complexity index is 1090. The zero-order chi connectivity index (χ0) is 21.5. The molecule has 0 aliphatic carbocycles. The summed E-state index contributed by atoms with van der Waals surface area (Å²) >= 11 is 0. The van der Waals surface area contributed by atoms with Crippen molar-refractivity contribution in [3.8, 4) is 11.5 Å². The molecule has 0 unspecified atom stereocenters. The van der Waals surface area contributed by atoms with E-state index in [1.54, 1.807) is 20.1 Å². The SMILES string of the molecule is COc1ccc(CNC(=O)CC(C)=NNC(=O)c2cc3ccccc3cc2O)cc1. The lowest BCUT2D eigenvalue weighted by molar-refractivity contribution is -0.120. The highest BCUT2D eigenvalue weighted by Crippen LogP contribution is 2.24. The molecule has 0 aliphatic rings. The highest BCUT2D eigenvalue weighted by atomic mass is 16.5. The van der Waals surface area contributed by atoms with Crippen LogP contribution in [-0.4, -0.2) is 29.7 Å².